The number of imidazole rings is 1. The SMILES string of the molecule is CCOC(=O)c1ccc2c(c1)nc(SCc1c(F)cccc1Cl)n2Cc1ccc(C(F)(F)F)cc1. The van der Waals surface area contributed by atoms with Gasteiger partial charge in [-0.2, -0.15) is 13.2 Å². The first-order valence-corrected chi connectivity index (χ1v) is 11.9. The minimum Gasteiger partial charge on any atom is -0.462 e. The van der Waals surface area contributed by atoms with Crippen LogP contribution in [-0.4, -0.2) is 22.1 Å². The monoisotopic (exact) mass is 522 g/mol. The lowest BCUT2D eigenvalue weighted by molar-refractivity contribution is -0.137. The van der Waals surface area contributed by atoms with Crippen molar-refractivity contribution in [1.29, 1.82) is 0 Å². The average molecular weight is 523 g/mol. The molecule has 0 N–H and O–H groups in total. The highest BCUT2D eigenvalue weighted by atomic mass is 35.5. The largest absolute Gasteiger partial charge is 0.462 e. The molecule has 0 fully saturated rings. The number of hydrogen-bond acceptors (Lipinski definition) is 4. The molecule has 1 heterocycles. The second-order valence-corrected chi connectivity index (χ2v) is 8.94. The Kier molecular flexibility index (Phi) is 7.37. The summed E-state index contributed by atoms with van der Waals surface area (Å²) in [5.41, 5.74) is 1.70. The number of nitrogens with zero attached hydrogens (tertiary/aromatic N) is 2. The zero-order valence-electron chi connectivity index (χ0n) is 18.4. The van der Waals surface area contributed by atoms with Crippen LogP contribution in [0.3, 0.4) is 0 Å². The molecule has 0 aliphatic heterocycles. The van der Waals surface area contributed by atoms with E-state index in [0.717, 1.165) is 12.1 Å². The van der Waals surface area contributed by atoms with Gasteiger partial charge in [0, 0.05) is 16.3 Å². The zero-order valence-corrected chi connectivity index (χ0v) is 20.0. The van der Waals surface area contributed by atoms with Crippen molar-refractivity contribution in [3.63, 3.8) is 0 Å². The van der Waals surface area contributed by atoms with E-state index in [2.05, 4.69) is 4.98 Å². The van der Waals surface area contributed by atoms with Crippen molar-refractivity contribution in [3.8, 4) is 0 Å². The summed E-state index contributed by atoms with van der Waals surface area (Å²) in [5.74, 6) is -0.744. The molecule has 35 heavy (non-hydrogen) atoms. The molecule has 4 nitrogen and oxygen atoms in total. The highest BCUT2D eigenvalue weighted by Gasteiger charge is 2.30. The molecule has 182 valence electrons. The molecule has 3 aromatic carbocycles. The molecule has 1 aromatic heterocycles. The fraction of sp³-hybridized carbons (Fsp3) is 0.200. The summed E-state index contributed by atoms with van der Waals surface area (Å²) >= 11 is 7.39. The lowest BCUT2D eigenvalue weighted by atomic mass is 10.1. The normalized spacial score (nSPS) is 11.7. The van der Waals surface area contributed by atoms with E-state index in [4.69, 9.17) is 16.3 Å². The number of carbonyl (C=O) groups excluding carboxylic acids is 1. The Morgan fingerprint density at radius 1 is 1.11 bits per heavy atom. The first-order valence-electron chi connectivity index (χ1n) is 10.6. The van der Waals surface area contributed by atoms with Crippen LogP contribution in [-0.2, 0) is 23.2 Å². The van der Waals surface area contributed by atoms with E-state index in [1.54, 1.807) is 31.2 Å². The van der Waals surface area contributed by atoms with Gasteiger partial charge in [-0.05, 0) is 55.0 Å². The van der Waals surface area contributed by atoms with Crippen LogP contribution in [0.2, 0.25) is 5.02 Å². The number of rotatable bonds is 7. The van der Waals surface area contributed by atoms with Gasteiger partial charge in [0.15, 0.2) is 5.16 Å². The number of aromatic nitrogens is 2. The van der Waals surface area contributed by atoms with Gasteiger partial charge in [0.1, 0.15) is 5.82 Å². The maximum absolute atomic E-state index is 14.3. The van der Waals surface area contributed by atoms with E-state index in [1.165, 1.54) is 36.0 Å². The van der Waals surface area contributed by atoms with Crippen LogP contribution in [0.25, 0.3) is 11.0 Å². The second kappa shape index (κ2) is 10.3. The Balaban J connectivity index is 1.71. The molecule has 0 amide bonds. The Bertz CT molecular complexity index is 1350. The van der Waals surface area contributed by atoms with Crippen LogP contribution < -0.4 is 0 Å². The highest BCUT2D eigenvalue weighted by molar-refractivity contribution is 7.98. The number of fused-ring (bicyclic) bond motifs is 1. The summed E-state index contributed by atoms with van der Waals surface area (Å²) in [6.07, 6.45) is -4.43. The Morgan fingerprint density at radius 2 is 1.86 bits per heavy atom. The number of carbonyl (C=O) groups is 1. The van der Waals surface area contributed by atoms with Gasteiger partial charge in [-0.15, -0.1) is 0 Å². The van der Waals surface area contributed by atoms with Crippen molar-refractivity contribution in [2.45, 2.75) is 30.6 Å². The first kappa shape index (κ1) is 25.1. The molecule has 4 rings (SSSR count). The third kappa shape index (κ3) is 5.62. The van der Waals surface area contributed by atoms with Crippen molar-refractivity contribution in [2.75, 3.05) is 6.61 Å². The average Bonchev–Trinajstić information content (AvgIpc) is 3.15. The Labute approximate surface area is 207 Å². The van der Waals surface area contributed by atoms with Crippen LogP contribution in [0.4, 0.5) is 17.6 Å². The van der Waals surface area contributed by atoms with E-state index >= 15 is 0 Å². The quantitative estimate of drug-likeness (QED) is 0.144. The number of halogens is 5. The summed E-state index contributed by atoms with van der Waals surface area (Å²) in [4.78, 5) is 16.8. The lowest BCUT2D eigenvalue weighted by Crippen LogP contribution is -2.06. The van der Waals surface area contributed by atoms with Crippen LogP contribution in [0.5, 0.6) is 0 Å². The van der Waals surface area contributed by atoms with Gasteiger partial charge < -0.3 is 9.30 Å². The lowest BCUT2D eigenvalue weighted by Gasteiger charge is -2.12. The summed E-state index contributed by atoms with van der Waals surface area (Å²) in [6, 6.07) is 14.2. The van der Waals surface area contributed by atoms with E-state index in [-0.39, 0.29) is 23.9 Å². The maximum atomic E-state index is 14.3. The van der Waals surface area contributed by atoms with Crippen molar-refractivity contribution >= 4 is 40.4 Å². The molecule has 0 spiro atoms. The topological polar surface area (TPSA) is 44.1 Å². The number of esters is 1. The number of hydrogen-bond donors (Lipinski definition) is 0. The number of alkyl halides is 3. The molecule has 0 saturated carbocycles. The van der Waals surface area contributed by atoms with Gasteiger partial charge in [0.25, 0.3) is 0 Å². The van der Waals surface area contributed by atoms with E-state index < -0.39 is 23.5 Å². The van der Waals surface area contributed by atoms with Gasteiger partial charge in [0.05, 0.1) is 35.3 Å². The molecule has 0 saturated heterocycles. The van der Waals surface area contributed by atoms with Crippen molar-refractivity contribution < 1.29 is 27.1 Å². The van der Waals surface area contributed by atoms with Crippen molar-refractivity contribution in [2.24, 2.45) is 0 Å². The molecule has 10 heteroatoms. The number of ether oxygens (including phenoxy) is 1. The van der Waals surface area contributed by atoms with Gasteiger partial charge in [-0.1, -0.05) is 41.6 Å². The third-order valence-corrected chi connectivity index (χ3v) is 6.61. The molecule has 0 aliphatic rings. The minimum atomic E-state index is -4.43. The molecule has 0 atom stereocenters. The first-order chi connectivity index (χ1) is 16.7. The number of thioether (sulfide) groups is 1. The molecule has 0 bridgehead atoms. The van der Waals surface area contributed by atoms with E-state index in [9.17, 15) is 22.4 Å². The van der Waals surface area contributed by atoms with Gasteiger partial charge in [-0.25, -0.2) is 14.2 Å². The van der Waals surface area contributed by atoms with Crippen LogP contribution in [0.1, 0.15) is 34.0 Å². The summed E-state index contributed by atoms with van der Waals surface area (Å²) in [6.45, 7) is 2.16. The molecule has 0 unspecified atom stereocenters. The van der Waals surface area contributed by atoms with E-state index in [1.807, 2.05) is 4.57 Å². The van der Waals surface area contributed by atoms with E-state index in [0.29, 0.717) is 32.9 Å². The predicted octanol–water partition coefficient (Wildman–Crippen LogP) is 7.36. The van der Waals surface area contributed by atoms with Gasteiger partial charge >= 0.3 is 12.1 Å². The molecule has 0 aliphatic carbocycles. The fourth-order valence-electron chi connectivity index (χ4n) is 3.50. The molecular weight excluding hydrogens is 504 g/mol. The zero-order chi connectivity index (χ0) is 25.2. The van der Waals surface area contributed by atoms with Crippen LogP contribution in [0, 0.1) is 5.82 Å². The Hall–Kier alpha value is -3.04. The predicted molar refractivity (Wildman–Crippen MR) is 127 cm³/mol. The fourth-order valence-corrected chi connectivity index (χ4v) is 4.86. The van der Waals surface area contributed by atoms with Crippen molar-refractivity contribution in [3.05, 3.63) is 93.8 Å². The Morgan fingerprint density at radius 3 is 2.51 bits per heavy atom. The third-order valence-electron chi connectivity index (χ3n) is 5.25. The standard InChI is InChI=1S/C25H19ClF4N2O2S/c1-2-34-23(33)16-8-11-22-21(12-16)31-24(35-14-18-19(26)4-3-5-20(18)27)32(22)13-15-6-9-17(10-7-15)25(28,29)30/h3-12H,2,13-14H2,1H3. The minimum absolute atomic E-state index is 0.187. The summed E-state index contributed by atoms with van der Waals surface area (Å²) in [5, 5.41) is 0.785. The van der Waals surface area contributed by atoms with Gasteiger partial charge in [0.2, 0.25) is 0 Å². The smallest absolute Gasteiger partial charge is 0.416 e. The molecule has 4 aromatic rings. The molecule has 0 radical (unpaired) electrons. The van der Waals surface area contributed by atoms with Gasteiger partial charge in [-0.3, -0.25) is 0 Å². The summed E-state index contributed by atoms with van der Waals surface area (Å²) in [7, 11) is 0. The van der Waals surface area contributed by atoms with Crippen LogP contribution in [0.15, 0.2) is 65.8 Å². The second-order valence-electron chi connectivity index (χ2n) is 7.59. The molecular formula is C25H19ClF4N2O2S. The number of benzene rings is 3. The van der Waals surface area contributed by atoms with Crippen LogP contribution >= 0.6 is 23.4 Å². The maximum Gasteiger partial charge on any atom is 0.416 e. The summed E-state index contributed by atoms with van der Waals surface area (Å²) < 4.78 is 60.0. The highest BCUT2D eigenvalue weighted by Crippen LogP contribution is 2.33. The van der Waals surface area contributed by atoms with Crippen molar-refractivity contribution in [1.82, 2.24) is 9.55 Å².